The molecule has 1 heterocycles. The van der Waals surface area contributed by atoms with Crippen LogP contribution in [0.15, 0.2) is 10.3 Å². The third-order valence-electron chi connectivity index (χ3n) is 4.03. The van der Waals surface area contributed by atoms with Gasteiger partial charge in [-0.2, -0.15) is 0 Å². The van der Waals surface area contributed by atoms with E-state index in [0.717, 1.165) is 37.0 Å². The Morgan fingerprint density at radius 3 is 2.62 bits per heavy atom. The van der Waals surface area contributed by atoms with E-state index in [-0.39, 0.29) is 39.2 Å². The van der Waals surface area contributed by atoms with Crippen LogP contribution >= 0.6 is 23.7 Å². The Hall–Kier alpha value is -0.870. The molecule has 0 bridgehead atoms. The molecule has 0 saturated heterocycles. The molecule has 138 valence electrons. The molecule has 0 aromatic carbocycles. The van der Waals surface area contributed by atoms with E-state index in [0.29, 0.717) is 6.54 Å². The van der Waals surface area contributed by atoms with Crippen LogP contribution in [-0.4, -0.2) is 41.2 Å². The minimum absolute atomic E-state index is 0. The van der Waals surface area contributed by atoms with Crippen LogP contribution in [0.25, 0.3) is 0 Å². The number of carbonyl (C=O) groups is 1. The van der Waals surface area contributed by atoms with E-state index >= 15 is 0 Å². The van der Waals surface area contributed by atoms with Crippen LogP contribution in [0.2, 0.25) is 0 Å². The van der Waals surface area contributed by atoms with Gasteiger partial charge in [0.05, 0.1) is 14.2 Å². The van der Waals surface area contributed by atoms with Crippen LogP contribution in [0.5, 0.6) is 5.75 Å². The number of esters is 1. The van der Waals surface area contributed by atoms with E-state index in [9.17, 15) is 13.2 Å². The summed E-state index contributed by atoms with van der Waals surface area (Å²) in [4.78, 5) is 11.8. The summed E-state index contributed by atoms with van der Waals surface area (Å²) < 4.78 is 37.8. The van der Waals surface area contributed by atoms with Crippen molar-refractivity contribution in [3.63, 3.8) is 0 Å². The molecule has 0 radical (unpaired) electrons. The van der Waals surface area contributed by atoms with E-state index in [2.05, 4.69) is 9.46 Å². The smallest absolute Gasteiger partial charge is 0.348 e. The molecule has 1 aromatic rings. The van der Waals surface area contributed by atoms with E-state index in [4.69, 9.17) is 10.5 Å². The van der Waals surface area contributed by atoms with E-state index in [1.54, 1.807) is 0 Å². The molecule has 0 amide bonds. The topological polar surface area (TPSA) is 108 Å². The largest absolute Gasteiger partial charge is 0.494 e. The minimum atomic E-state index is -3.79. The molecule has 1 aliphatic rings. The molecule has 1 saturated carbocycles. The molecule has 7 nitrogen and oxygen atoms in total. The molecule has 3 N–H and O–H groups in total. The maximum absolute atomic E-state index is 12.7. The van der Waals surface area contributed by atoms with Gasteiger partial charge in [0, 0.05) is 12.1 Å². The van der Waals surface area contributed by atoms with Crippen molar-refractivity contribution in [3.8, 4) is 5.75 Å². The third-order valence-corrected chi connectivity index (χ3v) is 7.14. The summed E-state index contributed by atoms with van der Waals surface area (Å²) in [5, 5.41) is 0. The average Bonchev–Trinajstić information content (AvgIpc) is 2.99. The molecule has 1 aromatic heterocycles. The van der Waals surface area contributed by atoms with Gasteiger partial charge < -0.3 is 15.2 Å². The monoisotopic (exact) mass is 398 g/mol. The van der Waals surface area contributed by atoms with Crippen LogP contribution in [0.3, 0.4) is 0 Å². The first kappa shape index (κ1) is 21.2. The predicted molar refractivity (Wildman–Crippen MR) is 94.6 cm³/mol. The van der Waals surface area contributed by atoms with Crippen LogP contribution in [0, 0.1) is 5.92 Å². The second-order valence-electron chi connectivity index (χ2n) is 5.47. The highest BCUT2D eigenvalue weighted by molar-refractivity contribution is 7.91. The van der Waals surface area contributed by atoms with E-state index in [1.807, 2.05) is 0 Å². The van der Waals surface area contributed by atoms with Gasteiger partial charge in [-0.3, -0.25) is 0 Å². The van der Waals surface area contributed by atoms with Crippen LogP contribution in [0.1, 0.15) is 35.4 Å². The molecule has 1 fully saturated rings. The van der Waals surface area contributed by atoms with E-state index in [1.165, 1.54) is 20.3 Å². The Kier molecular flexibility index (Phi) is 7.94. The SMILES string of the molecule is COC(=O)c1cc(OC)c(S(=O)(=O)NC2CCCCC2CN)s1.Cl. The molecule has 1 aliphatic carbocycles. The van der Waals surface area contributed by atoms with Gasteiger partial charge in [0.25, 0.3) is 10.0 Å². The number of halogens is 1. The van der Waals surface area contributed by atoms with Gasteiger partial charge in [0.2, 0.25) is 0 Å². The maximum atomic E-state index is 12.7. The van der Waals surface area contributed by atoms with Crippen LogP contribution in [-0.2, 0) is 14.8 Å². The second kappa shape index (κ2) is 9.00. The number of carbonyl (C=O) groups excluding carboxylic acids is 1. The van der Waals surface area contributed by atoms with Crippen LogP contribution < -0.4 is 15.2 Å². The first-order valence-electron chi connectivity index (χ1n) is 7.41. The van der Waals surface area contributed by atoms with Gasteiger partial charge in [0.1, 0.15) is 4.88 Å². The molecule has 24 heavy (non-hydrogen) atoms. The first-order valence-corrected chi connectivity index (χ1v) is 9.71. The quantitative estimate of drug-likeness (QED) is 0.707. The number of hydrogen-bond donors (Lipinski definition) is 2. The number of methoxy groups -OCH3 is 2. The lowest BCUT2D eigenvalue weighted by Crippen LogP contribution is -2.44. The Morgan fingerprint density at radius 1 is 1.38 bits per heavy atom. The molecule has 10 heteroatoms. The zero-order chi connectivity index (χ0) is 17.0. The maximum Gasteiger partial charge on any atom is 0.348 e. The molecule has 0 aliphatic heterocycles. The second-order valence-corrected chi connectivity index (χ2v) is 8.43. The van der Waals surface area contributed by atoms with Crippen molar-refractivity contribution in [3.05, 3.63) is 10.9 Å². The lowest BCUT2D eigenvalue weighted by molar-refractivity contribution is 0.0606. The Bertz CT molecular complexity index is 662. The number of thiophene rings is 1. The van der Waals surface area contributed by atoms with Crippen LogP contribution in [0.4, 0.5) is 0 Å². The zero-order valence-electron chi connectivity index (χ0n) is 13.6. The average molecular weight is 399 g/mol. The fourth-order valence-electron chi connectivity index (χ4n) is 2.79. The van der Waals surface area contributed by atoms with Gasteiger partial charge in [-0.25, -0.2) is 17.9 Å². The zero-order valence-corrected chi connectivity index (χ0v) is 16.1. The standard InChI is InChI=1S/C14H22N2O5S2.ClH/c1-20-11-7-12(13(17)21-2)22-14(11)23(18,19)16-10-6-4-3-5-9(10)8-15;/h7,9-10,16H,3-6,8,15H2,1-2H3;1H. The molecular formula is C14H23ClN2O5S2. The van der Waals surface area contributed by atoms with Gasteiger partial charge in [0.15, 0.2) is 9.96 Å². The number of sulfonamides is 1. The van der Waals surface area contributed by atoms with Crippen molar-refractivity contribution >= 4 is 39.7 Å². The van der Waals surface area contributed by atoms with Gasteiger partial charge >= 0.3 is 5.97 Å². The summed E-state index contributed by atoms with van der Waals surface area (Å²) in [6, 6.07) is 1.19. The summed E-state index contributed by atoms with van der Waals surface area (Å²) in [6.45, 7) is 0.447. The number of ether oxygens (including phenoxy) is 2. The number of rotatable bonds is 6. The molecule has 2 unspecified atom stereocenters. The predicted octanol–water partition coefficient (Wildman–Crippen LogP) is 1.76. The highest BCUT2D eigenvalue weighted by Gasteiger charge is 2.32. The van der Waals surface area contributed by atoms with Gasteiger partial charge in [-0.15, -0.1) is 23.7 Å². The van der Waals surface area contributed by atoms with Crippen molar-refractivity contribution in [2.24, 2.45) is 11.7 Å². The summed E-state index contributed by atoms with van der Waals surface area (Å²) >= 11 is 0.840. The summed E-state index contributed by atoms with van der Waals surface area (Å²) in [5.74, 6) is -0.320. The Morgan fingerprint density at radius 2 is 2.04 bits per heavy atom. The summed E-state index contributed by atoms with van der Waals surface area (Å²) in [5.41, 5.74) is 5.75. The molecule has 2 atom stereocenters. The number of nitrogens with two attached hydrogens (primary N) is 1. The van der Waals surface area contributed by atoms with Crippen molar-refractivity contribution < 1.29 is 22.7 Å². The van der Waals surface area contributed by atoms with Crippen molar-refractivity contribution in [2.45, 2.75) is 35.9 Å². The Balaban J connectivity index is 0.00000288. The third kappa shape index (κ3) is 4.60. The van der Waals surface area contributed by atoms with Crippen molar-refractivity contribution in [2.75, 3.05) is 20.8 Å². The van der Waals surface area contributed by atoms with E-state index < -0.39 is 16.0 Å². The number of nitrogens with one attached hydrogen (secondary N) is 1. The first-order chi connectivity index (χ1) is 10.9. The summed E-state index contributed by atoms with van der Waals surface area (Å²) in [6.07, 6.45) is 3.71. The Labute approximate surface area is 152 Å². The highest BCUT2D eigenvalue weighted by Crippen LogP contribution is 2.35. The van der Waals surface area contributed by atoms with Crippen molar-refractivity contribution in [1.29, 1.82) is 0 Å². The van der Waals surface area contributed by atoms with Gasteiger partial charge in [-0.1, -0.05) is 12.8 Å². The molecule has 0 spiro atoms. The fourth-order valence-corrected chi connectivity index (χ4v) is 5.64. The summed E-state index contributed by atoms with van der Waals surface area (Å²) in [7, 11) is -1.18. The highest BCUT2D eigenvalue weighted by atomic mass is 35.5. The number of hydrogen-bond acceptors (Lipinski definition) is 7. The normalized spacial score (nSPS) is 21.0. The molecule has 2 rings (SSSR count). The fraction of sp³-hybridized carbons (Fsp3) is 0.643. The minimum Gasteiger partial charge on any atom is -0.494 e. The molecular weight excluding hydrogens is 376 g/mol. The lowest BCUT2D eigenvalue weighted by atomic mass is 9.85. The van der Waals surface area contributed by atoms with Gasteiger partial charge in [-0.05, 0) is 25.3 Å². The lowest BCUT2D eigenvalue weighted by Gasteiger charge is -2.30. The van der Waals surface area contributed by atoms with Crippen molar-refractivity contribution in [1.82, 2.24) is 4.72 Å².